The van der Waals surface area contributed by atoms with Gasteiger partial charge < -0.3 is 0 Å². The largest absolute Gasteiger partial charge is 0.255 e. The van der Waals surface area contributed by atoms with Crippen LogP contribution in [0.5, 0.6) is 0 Å². The van der Waals surface area contributed by atoms with E-state index in [-0.39, 0.29) is 5.03 Å². The summed E-state index contributed by atoms with van der Waals surface area (Å²) in [5.74, 6) is 0. The van der Waals surface area contributed by atoms with Crippen LogP contribution in [0.25, 0.3) is 11.2 Å². The third-order valence-electron chi connectivity index (χ3n) is 5.36. The van der Waals surface area contributed by atoms with Crippen LogP contribution in [0.3, 0.4) is 0 Å². The average molecular weight is 420 g/mol. The first kappa shape index (κ1) is 20.4. The molecule has 4 aromatic rings. The molecule has 0 N–H and O–H groups in total. The molecule has 154 valence electrons. The van der Waals surface area contributed by atoms with Gasteiger partial charge in [-0.25, -0.2) is 13.0 Å². The molecular formula is C25H27N2O2S+. The lowest BCUT2D eigenvalue weighted by molar-refractivity contribution is -0.595. The third kappa shape index (κ3) is 3.65. The SMILES string of the molecule is CCCc1cccc(CCC)c1-[n+]1cc2cccc(S(=O)(=O)c3ccccc3)n2c1. The summed E-state index contributed by atoms with van der Waals surface area (Å²) in [6.07, 6.45) is 8.02. The molecule has 5 heteroatoms. The predicted octanol–water partition coefficient (Wildman–Crippen LogP) is 4.95. The van der Waals surface area contributed by atoms with E-state index in [2.05, 4.69) is 36.6 Å². The summed E-state index contributed by atoms with van der Waals surface area (Å²) in [7, 11) is -3.63. The van der Waals surface area contributed by atoms with Crippen molar-refractivity contribution in [2.75, 3.05) is 0 Å². The lowest BCUT2D eigenvalue weighted by Gasteiger charge is -2.10. The maximum atomic E-state index is 13.3. The van der Waals surface area contributed by atoms with Crippen molar-refractivity contribution in [3.63, 3.8) is 0 Å². The molecule has 0 aliphatic heterocycles. The minimum Gasteiger partial charge on any atom is -0.215 e. The Bertz CT molecular complexity index is 1250. The number of pyridine rings is 1. The standard InChI is InChI=1S/C25H27N2O2S/c1-3-10-20-12-8-13-21(11-4-2)25(20)26-18-22-14-9-17-24(27(22)19-26)30(28,29)23-15-6-5-7-16-23/h5-9,12-19H,3-4,10-11H2,1-2H3/q+1. The number of aryl methyl sites for hydroxylation is 2. The number of aromatic nitrogens is 2. The van der Waals surface area contributed by atoms with Crippen LogP contribution in [0, 0.1) is 0 Å². The molecule has 2 aromatic carbocycles. The zero-order valence-corrected chi connectivity index (χ0v) is 18.3. The van der Waals surface area contributed by atoms with Gasteiger partial charge in [-0.1, -0.05) is 69.2 Å². The molecule has 2 heterocycles. The van der Waals surface area contributed by atoms with Crippen molar-refractivity contribution in [2.45, 2.75) is 49.5 Å². The van der Waals surface area contributed by atoms with Crippen molar-refractivity contribution >= 4 is 15.4 Å². The molecule has 0 saturated carbocycles. The number of para-hydroxylation sites is 1. The number of rotatable bonds is 7. The number of hydrogen-bond acceptors (Lipinski definition) is 2. The summed E-state index contributed by atoms with van der Waals surface area (Å²) < 4.78 is 30.5. The molecule has 0 fully saturated rings. The Morgan fingerprint density at radius 1 is 0.800 bits per heavy atom. The van der Waals surface area contributed by atoms with E-state index in [1.807, 2.05) is 24.7 Å². The monoisotopic (exact) mass is 419 g/mol. The Morgan fingerprint density at radius 3 is 2.07 bits per heavy atom. The fourth-order valence-electron chi connectivity index (χ4n) is 4.03. The highest BCUT2D eigenvalue weighted by atomic mass is 32.2. The first-order valence-corrected chi connectivity index (χ1v) is 12.0. The van der Waals surface area contributed by atoms with E-state index in [1.54, 1.807) is 40.8 Å². The second-order valence-corrected chi connectivity index (χ2v) is 9.45. The molecule has 4 nitrogen and oxygen atoms in total. The van der Waals surface area contributed by atoms with Gasteiger partial charge in [0.1, 0.15) is 11.9 Å². The highest BCUT2D eigenvalue weighted by molar-refractivity contribution is 7.91. The first-order valence-electron chi connectivity index (χ1n) is 10.5. The summed E-state index contributed by atoms with van der Waals surface area (Å²) in [5, 5.41) is 0.273. The fraction of sp³-hybridized carbons (Fsp3) is 0.240. The van der Waals surface area contributed by atoms with Crippen LogP contribution < -0.4 is 4.57 Å². The molecule has 0 radical (unpaired) electrons. The zero-order valence-electron chi connectivity index (χ0n) is 17.5. The Labute approximate surface area is 178 Å². The summed E-state index contributed by atoms with van der Waals surface area (Å²) in [6.45, 7) is 4.36. The maximum absolute atomic E-state index is 13.3. The molecule has 0 spiro atoms. The molecule has 0 atom stereocenters. The fourth-order valence-corrected chi connectivity index (χ4v) is 5.45. The number of fused-ring (bicyclic) bond motifs is 1. The summed E-state index contributed by atoms with van der Waals surface area (Å²) in [6, 6.07) is 20.5. The van der Waals surface area contributed by atoms with Gasteiger partial charge in [-0.15, -0.1) is 0 Å². The topological polar surface area (TPSA) is 42.4 Å². The molecule has 0 bridgehead atoms. The van der Waals surface area contributed by atoms with E-state index in [9.17, 15) is 8.42 Å². The number of imidazole rings is 1. The zero-order chi connectivity index (χ0) is 21.1. The molecule has 0 amide bonds. The molecule has 0 unspecified atom stereocenters. The van der Waals surface area contributed by atoms with E-state index in [4.69, 9.17) is 0 Å². The minimum absolute atomic E-state index is 0.273. The van der Waals surface area contributed by atoms with Gasteiger partial charge in [0, 0.05) is 0 Å². The summed E-state index contributed by atoms with van der Waals surface area (Å²) >= 11 is 0. The van der Waals surface area contributed by atoms with Gasteiger partial charge in [0.2, 0.25) is 14.9 Å². The van der Waals surface area contributed by atoms with Gasteiger partial charge in [-0.05, 0) is 48.2 Å². The summed E-state index contributed by atoms with van der Waals surface area (Å²) in [5.41, 5.74) is 4.60. The molecule has 0 saturated heterocycles. The number of hydrogen-bond donors (Lipinski definition) is 0. The van der Waals surface area contributed by atoms with Gasteiger partial charge in [0.15, 0.2) is 5.52 Å². The molecule has 4 rings (SSSR count). The normalized spacial score (nSPS) is 11.8. The minimum atomic E-state index is -3.63. The van der Waals surface area contributed by atoms with Gasteiger partial charge in [-0.2, -0.15) is 4.40 Å². The lowest BCUT2D eigenvalue weighted by Crippen LogP contribution is -2.31. The van der Waals surface area contributed by atoms with Crippen molar-refractivity contribution in [3.05, 3.63) is 90.4 Å². The van der Waals surface area contributed by atoms with E-state index >= 15 is 0 Å². The van der Waals surface area contributed by atoms with E-state index in [0.29, 0.717) is 4.90 Å². The second kappa shape index (κ2) is 8.44. The molecule has 0 aliphatic rings. The Kier molecular flexibility index (Phi) is 5.73. The number of nitrogens with zero attached hydrogens (tertiary/aromatic N) is 2. The van der Waals surface area contributed by atoms with Crippen LogP contribution in [-0.4, -0.2) is 12.8 Å². The quantitative estimate of drug-likeness (QED) is 0.398. The van der Waals surface area contributed by atoms with Crippen LogP contribution in [0.1, 0.15) is 37.8 Å². The van der Waals surface area contributed by atoms with Crippen molar-refractivity contribution in [3.8, 4) is 5.69 Å². The smallest absolute Gasteiger partial charge is 0.215 e. The number of sulfone groups is 1. The van der Waals surface area contributed by atoms with E-state index < -0.39 is 9.84 Å². The third-order valence-corrected chi connectivity index (χ3v) is 7.14. The van der Waals surface area contributed by atoms with Crippen LogP contribution in [-0.2, 0) is 22.7 Å². The highest BCUT2D eigenvalue weighted by Gasteiger charge is 2.26. The van der Waals surface area contributed by atoms with Crippen molar-refractivity contribution in [1.82, 2.24) is 4.40 Å². The first-order chi connectivity index (χ1) is 14.6. The van der Waals surface area contributed by atoms with E-state index in [1.165, 1.54) is 16.8 Å². The Hall–Kier alpha value is -2.92. The van der Waals surface area contributed by atoms with Crippen LogP contribution in [0.4, 0.5) is 0 Å². The van der Waals surface area contributed by atoms with Crippen LogP contribution >= 0.6 is 0 Å². The van der Waals surface area contributed by atoms with Gasteiger partial charge in [0.05, 0.1) is 4.90 Å². The van der Waals surface area contributed by atoms with E-state index in [0.717, 1.165) is 31.2 Å². The molecule has 0 aliphatic carbocycles. The summed E-state index contributed by atoms with van der Waals surface area (Å²) in [4.78, 5) is 0.302. The molecular weight excluding hydrogens is 392 g/mol. The average Bonchev–Trinajstić information content (AvgIpc) is 3.18. The van der Waals surface area contributed by atoms with Crippen molar-refractivity contribution in [2.24, 2.45) is 0 Å². The predicted molar refractivity (Wildman–Crippen MR) is 119 cm³/mol. The molecule has 2 aromatic heterocycles. The number of benzene rings is 2. The maximum Gasteiger partial charge on any atom is 0.255 e. The van der Waals surface area contributed by atoms with Gasteiger partial charge >= 0.3 is 0 Å². The Morgan fingerprint density at radius 2 is 1.43 bits per heavy atom. The van der Waals surface area contributed by atoms with Crippen molar-refractivity contribution < 1.29 is 13.0 Å². The van der Waals surface area contributed by atoms with Gasteiger partial charge in [-0.3, -0.25) is 0 Å². The Balaban J connectivity index is 1.93. The van der Waals surface area contributed by atoms with Crippen molar-refractivity contribution in [1.29, 1.82) is 0 Å². The van der Waals surface area contributed by atoms with Crippen LogP contribution in [0.15, 0.2) is 89.2 Å². The van der Waals surface area contributed by atoms with Gasteiger partial charge in [0.25, 0.3) is 6.33 Å². The molecule has 30 heavy (non-hydrogen) atoms. The highest BCUT2D eigenvalue weighted by Crippen LogP contribution is 2.23. The lowest BCUT2D eigenvalue weighted by atomic mass is 10.00. The second-order valence-electron chi connectivity index (χ2n) is 7.55. The van der Waals surface area contributed by atoms with Crippen LogP contribution in [0.2, 0.25) is 0 Å².